The summed E-state index contributed by atoms with van der Waals surface area (Å²) in [6.45, 7) is 0. The number of hydrogen-bond donors (Lipinski definition) is 1. The molecular weight excluding hydrogens is 168 g/mol. The van der Waals surface area contributed by atoms with Crippen LogP contribution in [0.2, 0.25) is 0 Å². The summed E-state index contributed by atoms with van der Waals surface area (Å²) in [6, 6.07) is 6.64. The van der Waals surface area contributed by atoms with Gasteiger partial charge in [-0.25, -0.2) is 0 Å². The number of carbonyl (C=O) groups excluding carboxylic acids is 1. The lowest BCUT2D eigenvalue weighted by Crippen LogP contribution is -2.21. The second-order valence-electron chi connectivity index (χ2n) is 2.84. The van der Waals surface area contributed by atoms with Crippen molar-refractivity contribution < 1.29 is 9.63 Å². The van der Waals surface area contributed by atoms with Gasteiger partial charge in [-0.3, -0.25) is 4.79 Å². The van der Waals surface area contributed by atoms with Crippen molar-refractivity contribution >= 4 is 5.91 Å². The van der Waals surface area contributed by atoms with Gasteiger partial charge >= 0.3 is 0 Å². The summed E-state index contributed by atoms with van der Waals surface area (Å²) in [7, 11) is 3.41. The summed E-state index contributed by atoms with van der Waals surface area (Å²) < 4.78 is 0. The van der Waals surface area contributed by atoms with Crippen molar-refractivity contribution in [1.82, 2.24) is 4.90 Å². The average molecular weight is 180 g/mol. The van der Waals surface area contributed by atoms with Gasteiger partial charge in [0.2, 0.25) is 0 Å². The first-order chi connectivity index (χ1) is 6.15. The Kier molecular flexibility index (Phi) is 2.87. The molecule has 13 heavy (non-hydrogen) atoms. The lowest BCUT2D eigenvalue weighted by atomic mass is 10.2. The van der Waals surface area contributed by atoms with E-state index in [1.165, 1.54) is 4.90 Å². The van der Waals surface area contributed by atoms with E-state index in [-0.39, 0.29) is 5.91 Å². The SMILES string of the molecule is CN(C)C(=O)c1ccc(ON)cc1. The Bertz CT molecular complexity index is 293. The molecule has 0 radical (unpaired) electrons. The minimum Gasteiger partial charge on any atom is -0.412 e. The molecule has 0 bridgehead atoms. The standard InChI is InChI=1S/C9H12N2O2/c1-11(2)9(12)7-3-5-8(13-10)6-4-7/h3-6H,10H2,1-2H3. The van der Waals surface area contributed by atoms with Gasteiger partial charge in [0.25, 0.3) is 5.91 Å². The molecule has 0 unspecified atom stereocenters. The van der Waals surface area contributed by atoms with Crippen molar-refractivity contribution in [2.24, 2.45) is 5.90 Å². The van der Waals surface area contributed by atoms with Crippen molar-refractivity contribution in [3.8, 4) is 5.75 Å². The Morgan fingerprint density at radius 2 is 1.85 bits per heavy atom. The first kappa shape index (κ1) is 9.54. The molecule has 0 atom stereocenters. The Balaban J connectivity index is 2.86. The van der Waals surface area contributed by atoms with Crippen molar-refractivity contribution in [2.75, 3.05) is 14.1 Å². The Labute approximate surface area is 76.9 Å². The molecule has 1 rings (SSSR count). The molecule has 0 aromatic heterocycles. The van der Waals surface area contributed by atoms with Crippen LogP contribution in [0.5, 0.6) is 5.75 Å². The number of benzene rings is 1. The second-order valence-corrected chi connectivity index (χ2v) is 2.84. The van der Waals surface area contributed by atoms with Crippen LogP contribution in [-0.2, 0) is 0 Å². The molecule has 0 saturated heterocycles. The van der Waals surface area contributed by atoms with Gasteiger partial charge < -0.3 is 9.74 Å². The highest BCUT2D eigenvalue weighted by Crippen LogP contribution is 2.11. The average Bonchev–Trinajstić information content (AvgIpc) is 2.17. The minimum atomic E-state index is -0.0384. The van der Waals surface area contributed by atoms with Crippen LogP contribution in [0.4, 0.5) is 0 Å². The highest BCUT2D eigenvalue weighted by atomic mass is 16.6. The first-order valence-electron chi connectivity index (χ1n) is 3.83. The molecule has 0 aliphatic carbocycles. The zero-order valence-corrected chi connectivity index (χ0v) is 7.65. The number of hydrogen-bond acceptors (Lipinski definition) is 3. The van der Waals surface area contributed by atoms with Crippen LogP contribution in [0.15, 0.2) is 24.3 Å². The van der Waals surface area contributed by atoms with Gasteiger partial charge in [-0.05, 0) is 24.3 Å². The number of carbonyl (C=O) groups is 1. The Hall–Kier alpha value is -1.55. The maximum Gasteiger partial charge on any atom is 0.253 e. The fourth-order valence-electron chi connectivity index (χ4n) is 0.934. The summed E-state index contributed by atoms with van der Waals surface area (Å²) in [5, 5.41) is 0. The van der Waals surface area contributed by atoms with Crippen molar-refractivity contribution in [3.63, 3.8) is 0 Å². The predicted molar refractivity (Wildman–Crippen MR) is 49.3 cm³/mol. The topological polar surface area (TPSA) is 55.6 Å². The first-order valence-corrected chi connectivity index (χ1v) is 3.83. The zero-order chi connectivity index (χ0) is 9.84. The fraction of sp³-hybridized carbons (Fsp3) is 0.222. The van der Waals surface area contributed by atoms with E-state index < -0.39 is 0 Å². The van der Waals surface area contributed by atoms with E-state index in [1.807, 2.05) is 0 Å². The van der Waals surface area contributed by atoms with E-state index in [1.54, 1.807) is 38.4 Å². The highest BCUT2D eigenvalue weighted by molar-refractivity contribution is 5.93. The van der Waals surface area contributed by atoms with Gasteiger partial charge in [0, 0.05) is 19.7 Å². The molecule has 0 saturated carbocycles. The third-order valence-corrected chi connectivity index (χ3v) is 1.64. The van der Waals surface area contributed by atoms with Gasteiger partial charge in [0.15, 0.2) is 0 Å². The van der Waals surface area contributed by atoms with Gasteiger partial charge in [0.1, 0.15) is 5.75 Å². The van der Waals surface area contributed by atoms with Crippen molar-refractivity contribution in [2.45, 2.75) is 0 Å². The molecule has 0 aliphatic rings. The number of nitrogens with zero attached hydrogens (tertiary/aromatic N) is 1. The van der Waals surface area contributed by atoms with Gasteiger partial charge in [-0.15, -0.1) is 0 Å². The maximum atomic E-state index is 11.4. The number of amides is 1. The predicted octanol–water partition coefficient (Wildman–Crippen LogP) is 0.641. The normalized spacial score (nSPS) is 9.46. The molecule has 2 N–H and O–H groups in total. The van der Waals surface area contributed by atoms with Crippen LogP contribution in [0.25, 0.3) is 0 Å². The summed E-state index contributed by atoms with van der Waals surface area (Å²) in [6.07, 6.45) is 0. The Morgan fingerprint density at radius 1 is 1.31 bits per heavy atom. The molecule has 1 amide bonds. The lowest BCUT2D eigenvalue weighted by Gasteiger charge is -2.09. The summed E-state index contributed by atoms with van der Waals surface area (Å²) >= 11 is 0. The van der Waals surface area contributed by atoms with Crippen LogP contribution in [0, 0.1) is 0 Å². The monoisotopic (exact) mass is 180 g/mol. The van der Waals surface area contributed by atoms with Crippen molar-refractivity contribution in [3.05, 3.63) is 29.8 Å². The maximum absolute atomic E-state index is 11.4. The van der Waals surface area contributed by atoms with Crippen LogP contribution in [0.1, 0.15) is 10.4 Å². The largest absolute Gasteiger partial charge is 0.412 e. The summed E-state index contributed by atoms with van der Waals surface area (Å²) in [5.41, 5.74) is 0.616. The molecule has 0 heterocycles. The van der Waals surface area contributed by atoms with Gasteiger partial charge in [-0.2, -0.15) is 5.90 Å². The lowest BCUT2D eigenvalue weighted by molar-refractivity contribution is 0.0827. The van der Waals surface area contributed by atoms with Crippen LogP contribution in [-0.4, -0.2) is 24.9 Å². The van der Waals surface area contributed by atoms with E-state index in [2.05, 4.69) is 4.84 Å². The van der Waals surface area contributed by atoms with Crippen molar-refractivity contribution in [1.29, 1.82) is 0 Å². The molecular formula is C9H12N2O2. The smallest absolute Gasteiger partial charge is 0.253 e. The van der Waals surface area contributed by atoms with Gasteiger partial charge in [0.05, 0.1) is 0 Å². The van der Waals surface area contributed by atoms with Gasteiger partial charge in [-0.1, -0.05) is 0 Å². The molecule has 70 valence electrons. The molecule has 0 aliphatic heterocycles. The minimum absolute atomic E-state index is 0.0384. The second kappa shape index (κ2) is 3.91. The van der Waals surface area contributed by atoms with Crippen LogP contribution < -0.4 is 10.7 Å². The van der Waals surface area contributed by atoms with E-state index in [0.29, 0.717) is 11.3 Å². The van der Waals surface area contributed by atoms with Crippen LogP contribution >= 0.6 is 0 Å². The fourth-order valence-corrected chi connectivity index (χ4v) is 0.934. The molecule has 4 heteroatoms. The highest BCUT2D eigenvalue weighted by Gasteiger charge is 2.06. The van der Waals surface area contributed by atoms with E-state index in [4.69, 9.17) is 5.90 Å². The summed E-state index contributed by atoms with van der Waals surface area (Å²) in [4.78, 5) is 17.4. The molecule has 1 aromatic carbocycles. The molecule has 1 aromatic rings. The third kappa shape index (κ3) is 2.19. The third-order valence-electron chi connectivity index (χ3n) is 1.64. The number of rotatable bonds is 2. The molecule has 4 nitrogen and oxygen atoms in total. The quantitative estimate of drug-likeness (QED) is 0.679. The Morgan fingerprint density at radius 3 is 2.23 bits per heavy atom. The molecule has 0 fully saturated rings. The summed E-state index contributed by atoms with van der Waals surface area (Å²) in [5.74, 6) is 5.44. The van der Waals surface area contributed by atoms with E-state index >= 15 is 0 Å². The molecule has 0 spiro atoms. The number of nitrogens with two attached hydrogens (primary N) is 1. The van der Waals surface area contributed by atoms with Crippen LogP contribution in [0.3, 0.4) is 0 Å². The van der Waals surface area contributed by atoms with E-state index in [9.17, 15) is 4.79 Å². The zero-order valence-electron chi connectivity index (χ0n) is 7.65. The van der Waals surface area contributed by atoms with E-state index in [0.717, 1.165) is 0 Å².